The van der Waals surface area contributed by atoms with Crippen molar-refractivity contribution in [1.82, 2.24) is 4.90 Å². The number of hydrogen-bond acceptors (Lipinski definition) is 6. The number of anilines is 1. The number of ether oxygens (including phenoxy) is 3. The Labute approximate surface area is 223 Å². The van der Waals surface area contributed by atoms with E-state index in [0.717, 1.165) is 30.1 Å². The quantitative estimate of drug-likeness (QED) is 0.399. The molecular formula is C27H37BrFN3O4. The molecule has 1 N–H and O–H groups in total. The minimum absolute atomic E-state index is 0. The van der Waals surface area contributed by atoms with E-state index in [2.05, 4.69) is 39.5 Å². The van der Waals surface area contributed by atoms with Gasteiger partial charge in [0.1, 0.15) is 11.6 Å². The summed E-state index contributed by atoms with van der Waals surface area (Å²) < 4.78 is 31.3. The smallest absolute Gasteiger partial charge is 0.197 e. The molecule has 1 heterocycles. The summed E-state index contributed by atoms with van der Waals surface area (Å²) in [6.45, 7) is 12.1. The van der Waals surface area contributed by atoms with Crippen molar-refractivity contribution < 1.29 is 23.4 Å². The van der Waals surface area contributed by atoms with Crippen LogP contribution in [0.1, 0.15) is 61.7 Å². The van der Waals surface area contributed by atoms with Gasteiger partial charge in [0.2, 0.25) is 0 Å². The van der Waals surface area contributed by atoms with Crippen LogP contribution in [0.25, 0.3) is 0 Å². The van der Waals surface area contributed by atoms with Crippen LogP contribution in [-0.2, 0) is 12.0 Å². The first kappa shape index (κ1) is 29.4. The SMILES string of the molecule is Br.CCN(CC)c1cc(C(=O)CN2Cc3cc(OC)c(OC)c(F)c3C2=N)cc(C(C)(C)C)c1OC. The van der Waals surface area contributed by atoms with Gasteiger partial charge in [-0.25, -0.2) is 4.39 Å². The molecule has 0 saturated carbocycles. The number of amidine groups is 1. The maximum atomic E-state index is 15.1. The molecule has 0 bridgehead atoms. The van der Waals surface area contributed by atoms with Crippen LogP contribution in [0.2, 0.25) is 0 Å². The fourth-order valence-electron chi connectivity index (χ4n) is 4.57. The Bertz CT molecular complexity index is 1140. The molecule has 9 heteroatoms. The fraction of sp³-hybridized carbons (Fsp3) is 0.481. The van der Waals surface area contributed by atoms with Gasteiger partial charge in [-0.3, -0.25) is 10.2 Å². The van der Waals surface area contributed by atoms with Crippen LogP contribution in [0.4, 0.5) is 10.1 Å². The number of hydrogen-bond donors (Lipinski definition) is 1. The second kappa shape index (κ2) is 11.5. The van der Waals surface area contributed by atoms with Gasteiger partial charge in [0.15, 0.2) is 23.1 Å². The number of benzene rings is 2. The number of nitrogens with one attached hydrogen (secondary N) is 1. The zero-order chi connectivity index (χ0) is 26.1. The first-order chi connectivity index (χ1) is 16.5. The summed E-state index contributed by atoms with van der Waals surface area (Å²) in [6, 6.07) is 5.41. The summed E-state index contributed by atoms with van der Waals surface area (Å²) in [5, 5.41) is 8.57. The topological polar surface area (TPSA) is 75.1 Å². The van der Waals surface area contributed by atoms with Gasteiger partial charge in [-0.2, -0.15) is 0 Å². The first-order valence-corrected chi connectivity index (χ1v) is 11.8. The largest absolute Gasteiger partial charge is 0.494 e. The Morgan fingerprint density at radius 2 is 1.67 bits per heavy atom. The van der Waals surface area contributed by atoms with E-state index in [1.165, 1.54) is 14.2 Å². The minimum atomic E-state index is -0.648. The van der Waals surface area contributed by atoms with Gasteiger partial charge in [-0.05, 0) is 43.0 Å². The third-order valence-corrected chi connectivity index (χ3v) is 6.45. The van der Waals surface area contributed by atoms with Crippen LogP contribution in [0.5, 0.6) is 17.2 Å². The maximum Gasteiger partial charge on any atom is 0.197 e. The van der Waals surface area contributed by atoms with E-state index in [0.29, 0.717) is 11.1 Å². The number of rotatable bonds is 9. The molecule has 0 spiro atoms. The number of nitrogens with zero attached hydrogens (tertiary/aromatic N) is 2. The Morgan fingerprint density at radius 3 is 2.17 bits per heavy atom. The predicted molar refractivity (Wildman–Crippen MR) is 147 cm³/mol. The van der Waals surface area contributed by atoms with Crippen LogP contribution in [0.3, 0.4) is 0 Å². The lowest BCUT2D eigenvalue weighted by molar-refractivity contribution is 0.0962. The average molecular weight is 567 g/mol. The van der Waals surface area contributed by atoms with E-state index in [4.69, 9.17) is 19.6 Å². The van der Waals surface area contributed by atoms with Crippen LogP contribution in [-0.4, -0.2) is 57.5 Å². The highest BCUT2D eigenvalue weighted by Gasteiger charge is 2.33. The molecule has 198 valence electrons. The summed E-state index contributed by atoms with van der Waals surface area (Å²) in [5.74, 6) is 0.144. The normalized spacial score (nSPS) is 12.7. The number of fused-ring (bicyclic) bond motifs is 1. The van der Waals surface area contributed by atoms with Gasteiger partial charge >= 0.3 is 0 Å². The van der Waals surface area contributed by atoms with E-state index in [1.807, 2.05) is 12.1 Å². The third kappa shape index (κ3) is 5.31. The van der Waals surface area contributed by atoms with E-state index >= 15 is 4.39 Å². The van der Waals surface area contributed by atoms with E-state index < -0.39 is 5.82 Å². The number of ketones is 1. The van der Waals surface area contributed by atoms with Crippen molar-refractivity contribution in [1.29, 1.82) is 5.41 Å². The number of halogens is 2. The van der Waals surface area contributed by atoms with Crippen LogP contribution < -0.4 is 19.1 Å². The van der Waals surface area contributed by atoms with Crippen molar-refractivity contribution in [2.75, 3.05) is 45.9 Å². The van der Waals surface area contributed by atoms with Crippen LogP contribution in [0.15, 0.2) is 18.2 Å². The number of carbonyl (C=O) groups excluding carboxylic acids is 1. The minimum Gasteiger partial charge on any atom is -0.494 e. The zero-order valence-corrected chi connectivity index (χ0v) is 24.1. The zero-order valence-electron chi connectivity index (χ0n) is 22.4. The van der Waals surface area contributed by atoms with Crippen molar-refractivity contribution in [2.45, 2.75) is 46.6 Å². The molecule has 1 aliphatic heterocycles. The van der Waals surface area contributed by atoms with Crippen LogP contribution >= 0.6 is 17.0 Å². The molecule has 0 fully saturated rings. The summed E-state index contributed by atoms with van der Waals surface area (Å²) in [5.41, 5.74) is 2.83. The van der Waals surface area contributed by atoms with Gasteiger partial charge in [0, 0.05) is 30.8 Å². The number of carbonyl (C=O) groups is 1. The van der Waals surface area contributed by atoms with E-state index in [-0.39, 0.29) is 64.2 Å². The Hall–Kier alpha value is -2.81. The summed E-state index contributed by atoms with van der Waals surface area (Å²) in [7, 11) is 4.45. The lowest BCUT2D eigenvalue weighted by atomic mass is 9.84. The first-order valence-electron chi connectivity index (χ1n) is 11.8. The van der Waals surface area contributed by atoms with Gasteiger partial charge in [0.25, 0.3) is 0 Å². The molecule has 0 aliphatic carbocycles. The second-order valence-corrected chi connectivity index (χ2v) is 9.59. The van der Waals surface area contributed by atoms with E-state index in [1.54, 1.807) is 18.1 Å². The summed E-state index contributed by atoms with van der Waals surface area (Å²) in [6.07, 6.45) is 0. The molecule has 0 radical (unpaired) electrons. The molecule has 3 rings (SSSR count). The highest BCUT2D eigenvalue weighted by atomic mass is 79.9. The van der Waals surface area contributed by atoms with Crippen molar-refractivity contribution in [3.63, 3.8) is 0 Å². The molecule has 2 aromatic carbocycles. The Balaban J connectivity index is 0.00000456. The molecule has 7 nitrogen and oxygen atoms in total. The van der Waals surface area contributed by atoms with Crippen molar-refractivity contribution >= 4 is 34.3 Å². The van der Waals surface area contributed by atoms with Gasteiger partial charge in [-0.1, -0.05) is 20.8 Å². The lowest BCUT2D eigenvalue weighted by Gasteiger charge is -2.30. The molecule has 0 saturated heterocycles. The van der Waals surface area contributed by atoms with Gasteiger partial charge in [0.05, 0.1) is 39.1 Å². The molecule has 36 heavy (non-hydrogen) atoms. The maximum absolute atomic E-state index is 15.1. The van der Waals surface area contributed by atoms with Crippen molar-refractivity contribution in [3.05, 3.63) is 46.3 Å². The van der Waals surface area contributed by atoms with Crippen LogP contribution in [0, 0.1) is 11.2 Å². The molecule has 0 amide bonds. The lowest BCUT2D eigenvalue weighted by Crippen LogP contribution is -2.31. The van der Waals surface area contributed by atoms with Gasteiger partial charge in [-0.15, -0.1) is 17.0 Å². The van der Waals surface area contributed by atoms with Crippen molar-refractivity contribution in [3.8, 4) is 17.2 Å². The highest BCUT2D eigenvalue weighted by Crippen LogP contribution is 2.41. The molecule has 0 atom stereocenters. The Kier molecular flexibility index (Phi) is 9.40. The molecule has 1 aliphatic rings. The fourth-order valence-corrected chi connectivity index (χ4v) is 4.57. The summed E-state index contributed by atoms with van der Waals surface area (Å²) in [4.78, 5) is 17.3. The average Bonchev–Trinajstić information content (AvgIpc) is 3.13. The summed E-state index contributed by atoms with van der Waals surface area (Å²) >= 11 is 0. The monoisotopic (exact) mass is 565 g/mol. The van der Waals surface area contributed by atoms with Gasteiger partial charge < -0.3 is 24.0 Å². The number of Topliss-reactive ketones (excluding diaryl/α,β-unsaturated/α-hetero) is 1. The standard InChI is InChI=1S/C27H36FN3O4.BrH/c1-9-30(10-2)19-12-16(11-18(24(19)34-7)27(3,4)5)20(32)15-31-14-17-13-21(33-6)25(35-8)23(28)22(17)26(31)29;/h11-13,29H,9-10,14-15H2,1-8H3;1H. The van der Waals surface area contributed by atoms with Crippen molar-refractivity contribution in [2.24, 2.45) is 0 Å². The number of methoxy groups -OCH3 is 3. The van der Waals surface area contributed by atoms with E-state index in [9.17, 15) is 4.79 Å². The second-order valence-electron chi connectivity index (χ2n) is 9.59. The molecule has 0 aromatic heterocycles. The predicted octanol–water partition coefficient (Wildman–Crippen LogP) is 5.60. The Morgan fingerprint density at radius 1 is 1.06 bits per heavy atom. The molecular weight excluding hydrogens is 529 g/mol. The highest BCUT2D eigenvalue weighted by molar-refractivity contribution is 8.93. The molecule has 0 unspecified atom stereocenters. The molecule has 2 aromatic rings. The third-order valence-electron chi connectivity index (χ3n) is 6.45.